The average Bonchev–Trinajstić information content (AvgIpc) is 2.75. The van der Waals surface area contributed by atoms with Gasteiger partial charge >= 0.3 is 5.97 Å². The highest BCUT2D eigenvalue weighted by Crippen LogP contribution is 2.34. The summed E-state index contributed by atoms with van der Waals surface area (Å²) < 4.78 is 16.3. The Morgan fingerprint density at radius 3 is 2.32 bits per heavy atom. The molecule has 1 amide bonds. The molecule has 0 saturated heterocycles. The van der Waals surface area contributed by atoms with Gasteiger partial charge in [0.2, 0.25) is 0 Å². The molecule has 0 fully saturated rings. The Hall–Kier alpha value is -3.02. The van der Waals surface area contributed by atoms with Crippen LogP contribution in [-0.2, 0) is 14.9 Å². The standard InChI is InChI=1S/C25H33NO5/c1-6-7-8-15-30-24(28)18-9-11-19(12-10-18)26-23(27)17-31-22-14-13-20(29-5)16-21(22)25(2,3)4/h9-14,16H,6-8,15,17H2,1-5H3,(H,26,27). The molecule has 0 aliphatic carbocycles. The molecule has 0 aliphatic rings. The summed E-state index contributed by atoms with van der Waals surface area (Å²) in [6.45, 7) is 8.61. The molecule has 0 heterocycles. The molecule has 0 unspecified atom stereocenters. The van der Waals surface area contributed by atoms with Crippen molar-refractivity contribution < 1.29 is 23.8 Å². The van der Waals surface area contributed by atoms with Crippen LogP contribution in [0.4, 0.5) is 5.69 Å². The molecule has 0 saturated carbocycles. The third-order valence-electron chi connectivity index (χ3n) is 4.74. The number of esters is 1. The van der Waals surface area contributed by atoms with E-state index in [1.165, 1.54) is 0 Å². The number of hydrogen-bond acceptors (Lipinski definition) is 5. The van der Waals surface area contributed by atoms with Crippen molar-refractivity contribution in [1.82, 2.24) is 0 Å². The Kier molecular flexibility index (Phi) is 8.91. The second-order valence-corrected chi connectivity index (χ2v) is 8.37. The van der Waals surface area contributed by atoms with Gasteiger partial charge in [0, 0.05) is 11.3 Å². The van der Waals surface area contributed by atoms with Crippen LogP contribution < -0.4 is 14.8 Å². The lowest BCUT2D eigenvalue weighted by Crippen LogP contribution is -2.22. The van der Waals surface area contributed by atoms with Crippen molar-refractivity contribution in [2.45, 2.75) is 52.4 Å². The van der Waals surface area contributed by atoms with E-state index in [9.17, 15) is 9.59 Å². The van der Waals surface area contributed by atoms with Crippen molar-refractivity contribution >= 4 is 17.6 Å². The van der Waals surface area contributed by atoms with Gasteiger partial charge in [-0.25, -0.2) is 4.79 Å². The zero-order chi connectivity index (χ0) is 22.9. The predicted octanol–water partition coefficient (Wildman–Crippen LogP) is 5.36. The molecule has 0 bridgehead atoms. The van der Waals surface area contributed by atoms with E-state index in [4.69, 9.17) is 14.2 Å². The average molecular weight is 428 g/mol. The van der Waals surface area contributed by atoms with E-state index in [1.54, 1.807) is 31.4 Å². The zero-order valence-electron chi connectivity index (χ0n) is 19.1. The quantitative estimate of drug-likeness (QED) is 0.408. The molecular formula is C25H33NO5. The molecule has 31 heavy (non-hydrogen) atoms. The Morgan fingerprint density at radius 2 is 1.71 bits per heavy atom. The molecule has 0 radical (unpaired) electrons. The van der Waals surface area contributed by atoms with Crippen LogP contribution in [0.25, 0.3) is 0 Å². The molecule has 2 aromatic carbocycles. The summed E-state index contributed by atoms with van der Waals surface area (Å²) in [4.78, 5) is 24.4. The van der Waals surface area contributed by atoms with Gasteiger partial charge in [-0.3, -0.25) is 4.79 Å². The lowest BCUT2D eigenvalue weighted by atomic mass is 9.86. The SMILES string of the molecule is CCCCCOC(=O)c1ccc(NC(=O)COc2ccc(OC)cc2C(C)(C)C)cc1. The van der Waals surface area contributed by atoms with Crippen LogP contribution in [-0.4, -0.2) is 32.2 Å². The molecule has 2 aromatic rings. The molecule has 0 atom stereocenters. The minimum absolute atomic E-state index is 0.128. The highest BCUT2D eigenvalue weighted by molar-refractivity contribution is 5.93. The number of ether oxygens (including phenoxy) is 3. The van der Waals surface area contributed by atoms with Crippen LogP contribution in [0, 0.1) is 0 Å². The van der Waals surface area contributed by atoms with Crippen LogP contribution in [0.15, 0.2) is 42.5 Å². The number of carbonyl (C=O) groups is 2. The van der Waals surface area contributed by atoms with Gasteiger partial charge in [0.05, 0.1) is 19.3 Å². The molecule has 6 nitrogen and oxygen atoms in total. The van der Waals surface area contributed by atoms with Crippen LogP contribution in [0.2, 0.25) is 0 Å². The number of carbonyl (C=O) groups excluding carboxylic acids is 2. The maximum Gasteiger partial charge on any atom is 0.338 e. The van der Waals surface area contributed by atoms with Gasteiger partial charge in [-0.1, -0.05) is 40.5 Å². The predicted molar refractivity (Wildman–Crippen MR) is 122 cm³/mol. The van der Waals surface area contributed by atoms with Crippen molar-refractivity contribution in [3.05, 3.63) is 53.6 Å². The molecule has 0 aromatic heterocycles. The Morgan fingerprint density at radius 1 is 1.00 bits per heavy atom. The third kappa shape index (κ3) is 7.63. The Balaban J connectivity index is 1.91. The monoisotopic (exact) mass is 427 g/mol. The zero-order valence-corrected chi connectivity index (χ0v) is 19.1. The van der Waals surface area contributed by atoms with Crippen molar-refractivity contribution in [2.75, 3.05) is 25.6 Å². The fourth-order valence-electron chi connectivity index (χ4n) is 2.98. The maximum atomic E-state index is 12.3. The summed E-state index contributed by atoms with van der Waals surface area (Å²) in [7, 11) is 1.62. The van der Waals surface area contributed by atoms with Crippen LogP contribution in [0.1, 0.15) is 62.9 Å². The van der Waals surface area contributed by atoms with E-state index in [2.05, 4.69) is 33.0 Å². The summed E-state index contributed by atoms with van der Waals surface area (Å²) in [6.07, 6.45) is 2.97. The second kappa shape index (κ2) is 11.4. The summed E-state index contributed by atoms with van der Waals surface area (Å²) in [6, 6.07) is 12.2. The second-order valence-electron chi connectivity index (χ2n) is 8.37. The number of nitrogens with one attached hydrogen (secondary N) is 1. The highest BCUT2D eigenvalue weighted by Gasteiger charge is 2.20. The first-order valence-corrected chi connectivity index (χ1v) is 10.6. The van der Waals surface area contributed by atoms with Gasteiger partial charge in [-0.05, 0) is 54.3 Å². The number of benzene rings is 2. The maximum absolute atomic E-state index is 12.3. The first-order valence-electron chi connectivity index (χ1n) is 10.6. The molecule has 6 heteroatoms. The van der Waals surface area contributed by atoms with Crippen LogP contribution >= 0.6 is 0 Å². The third-order valence-corrected chi connectivity index (χ3v) is 4.74. The van der Waals surface area contributed by atoms with Crippen LogP contribution in [0.5, 0.6) is 11.5 Å². The fraction of sp³-hybridized carbons (Fsp3) is 0.440. The number of anilines is 1. The smallest absolute Gasteiger partial charge is 0.338 e. The van der Waals surface area contributed by atoms with Crippen molar-refractivity contribution in [1.29, 1.82) is 0 Å². The van der Waals surface area contributed by atoms with Crippen molar-refractivity contribution in [2.24, 2.45) is 0 Å². The van der Waals surface area contributed by atoms with E-state index in [-0.39, 0.29) is 23.9 Å². The van der Waals surface area contributed by atoms with Crippen molar-refractivity contribution in [3.8, 4) is 11.5 Å². The van der Waals surface area contributed by atoms with Gasteiger partial charge in [0.25, 0.3) is 5.91 Å². The van der Waals surface area contributed by atoms with Gasteiger partial charge in [0.1, 0.15) is 11.5 Å². The Labute approximate surface area is 184 Å². The van der Waals surface area contributed by atoms with E-state index in [1.807, 2.05) is 18.2 Å². The summed E-state index contributed by atoms with van der Waals surface area (Å²) >= 11 is 0. The number of rotatable bonds is 10. The first-order chi connectivity index (χ1) is 14.7. The largest absolute Gasteiger partial charge is 0.497 e. The van der Waals surface area contributed by atoms with Crippen molar-refractivity contribution in [3.63, 3.8) is 0 Å². The molecule has 0 aliphatic heterocycles. The minimum atomic E-state index is -0.355. The van der Waals surface area contributed by atoms with Gasteiger partial charge in [0.15, 0.2) is 6.61 Å². The number of unbranched alkanes of at least 4 members (excludes halogenated alkanes) is 2. The number of amides is 1. The molecule has 2 rings (SSSR count). The van der Waals surface area contributed by atoms with Crippen LogP contribution in [0.3, 0.4) is 0 Å². The van der Waals surface area contributed by atoms with Gasteiger partial charge in [-0.2, -0.15) is 0 Å². The number of methoxy groups -OCH3 is 1. The normalized spacial score (nSPS) is 11.0. The highest BCUT2D eigenvalue weighted by atomic mass is 16.5. The van der Waals surface area contributed by atoms with E-state index >= 15 is 0 Å². The lowest BCUT2D eigenvalue weighted by molar-refractivity contribution is -0.118. The van der Waals surface area contributed by atoms with Gasteiger partial charge < -0.3 is 19.5 Å². The summed E-state index contributed by atoms with van der Waals surface area (Å²) in [5.74, 6) is 0.743. The topological polar surface area (TPSA) is 73.9 Å². The summed E-state index contributed by atoms with van der Waals surface area (Å²) in [5.41, 5.74) is 1.84. The number of hydrogen-bond donors (Lipinski definition) is 1. The Bertz CT molecular complexity index is 868. The van der Waals surface area contributed by atoms with Gasteiger partial charge in [-0.15, -0.1) is 0 Å². The van der Waals surface area contributed by atoms with E-state index in [0.29, 0.717) is 23.6 Å². The first kappa shape index (κ1) is 24.3. The molecule has 0 spiro atoms. The fourth-order valence-corrected chi connectivity index (χ4v) is 2.98. The molecular weight excluding hydrogens is 394 g/mol. The summed E-state index contributed by atoms with van der Waals surface area (Å²) in [5, 5.41) is 2.78. The molecule has 168 valence electrons. The minimum Gasteiger partial charge on any atom is -0.497 e. The molecule has 1 N–H and O–H groups in total. The van der Waals surface area contributed by atoms with E-state index in [0.717, 1.165) is 30.6 Å². The lowest BCUT2D eigenvalue weighted by Gasteiger charge is -2.23. The van der Waals surface area contributed by atoms with E-state index < -0.39 is 0 Å².